The molecule has 1 aromatic heterocycles. The van der Waals surface area contributed by atoms with Gasteiger partial charge < -0.3 is 5.32 Å². The van der Waals surface area contributed by atoms with Crippen molar-refractivity contribution in [3.63, 3.8) is 0 Å². The van der Waals surface area contributed by atoms with Gasteiger partial charge in [0.25, 0.3) is 0 Å². The van der Waals surface area contributed by atoms with Crippen LogP contribution in [0.5, 0.6) is 0 Å². The second-order valence-electron chi connectivity index (χ2n) is 4.93. The molecule has 2 nitrogen and oxygen atoms in total. The monoisotopic (exact) mass is 224 g/mol. The number of rotatable bonds is 4. The molecule has 0 aliphatic heterocycles. The van der Waals surface area contributed by atoms with E-state index in [1.165, 1.54) is 28.4 Å². The Kier molecular flexibility index (Phi) is 2.86. The van der Waals surface area contributed by atoms with Gasteiger partial charge in [-0.3, -0.25) is 0 Å². The average Bonchev–Trinajstić information content (AvgIpc) is 2.82. The summed E-state index contributed by atoms with van der Waals surface area (Å²) in [4.78, 5) is 6.22. The summed E-state index contributed by atoms with van der Waals surface area (Å²) in [6.45, 7) is 7.71. The van der Waals surface area contributed by atoms with Crippen LogP contribution in [0.15, 0.2) is 0 Å². The average molecular weight is 224 g/mol. The lowest BCUT2D eigenvalue weighted by atomic mass is 10.0. The highest BCUT2D eigenvalue weighted by Crippen LogP contribution is 2.51. The van der Waals surface area contributed by atoms with E-state index in [4.69, 9.17) is 0 Å². The SMILES string of the molecule is CNCC1(c2sc(C(C)C)nc2C)CC1. The van der Waals surface area contributed by atoms with Gasteiger partial charge in [0.2, 0.25) is 0 Å². The molecule has 0 bridgehead atoms. The predicted molar refractivity (Wildman–Crippen MR) is 65.8 cm³/mol. The summed E-state index contributed by atoms with van der Waals surface area (Å²) in [5.74, 6) is 0.563. The van der Waals surface area contributed by atoms with E-state index >= 15 is 0 Å². The van der Waals surface area contributed by atoms with Crippen molar-refractivity contribution < 1.29 is 0 Å². The molecule has 15 heavy (non-hydrogen) atoms. The van der Waals surface area contributed by atoms with Gasteiger partial charge >= 0.3 is 0 Å². The van der Waals surface area contributed by atoms with E-state index in [1.54, 1.807) is 0 Å². The third kappa shape index (κ3) is 1.95. The first kappa shape index (κ1) is 11.1. The van der Waals surface area contributed by atoms with Crippen LogP contribution < -0.4 is 5.32 Å². The van der Waals surface area contributed by atoms with Gasteiger partial charge in [0.05, 0.1) is 10.7 Å². The Morgan fingerprint density at radius 2 is 2.13 bits per heavy atom. The minimum absolute atomic E-state index is 0.434. The van der Waals surface area contributed by atoms with Gasteiger partial charge in [-0.25, -0.2) is 4.98 Å². The summed E-state index contributed by atoms with van der Waals surface area (Å²) >= 11 is 1.93. The molecule has 2 rings (SSSR count). The Hall–Kier alpha value is -0.410. The summed E-state index contributed by atoms with van der Waals surface area (Å²) in [6, 6.07) is 0. The van der Waals surface area contributed by atoms with E-state index in [0.29, 0.717) is 11.3 Å². The predicted octanol–water partition coefficient (Wildman–Crippen LogP) is 2.83. The number of likely N-dealkylation sites (N-methyl/N-ethyl adjacent to an activating group) is 1. The van der Waals surface area contributed by atoms with Gasteiger partial charge in [0.15, 0.2) is 0 Å². The zero-order valence-electron chi connectivity index (χ0n) is 10.1. The smallest absolute Gasteiger partial charge is 0.0956 e. The molecule has 1 aliphatic carbocycles. The van der Waals surface area contributed by atoms with Gasteiger partial charge in [-0.05, 0) is 26.8 Å². The Morgan fingerprint density at radius 1 is 1.47 bits per heavy atom. The van der Waals surface area contributed by atoms with E-state index in [0.717, 1.165) is 6.54 Å². The van der Waals surface area contributed by atoms with Crippen LogP contribution >= 0.6 is 11.3 Å². The molecule has 1 aliphatic rings. The molecule has 84 valence electrons. The van der Waals surface area contributed by atoms with E-state index in [-0.39, 0.29) is 0 Å². The van der Waals surface area contributed by atoms with Gasteiger partial charge in [-0.2, -0.15) is 0 Å². The molecule has 0 radical (unpaired) electrons. The van der Waals surface area contributed by atoms with Crippen LogP contribution in [-0.4, -0.2) is 18.6 Å². The quantitative estimate of drug-likeness (QED) is 0.850. The van der Waals surface area contributed by atoms with E-state index in [2.05, 4.69) is 31.1 Å². The summed E-state index contributed by atoms with van der Waals surface area (Å²) in [6.07, 6.45) is 2.66. The standard InChI is InChI=1S/C12H20N2S/c1-8(2)11-14-9(3)10(15-11)12(5-6-12)7-13-4/h8,13H,5-7H2,1-4H3. The normalized spacial score (nSPS) is 18.5. The van der Waals surface area contributed by atoms with Crippen LogP contribution in [0, 0.1) is 6.92 Å². The van der Waals surface area contributed by atoms with Gasteiger partial charge in [-0.1, -0.05) is 13.8 Å². The largest absolute Gasteiger partial charge is 0.319 e. The molecule has 0 unspecified atom stereocenters. The molecule has 1 fully saturated rings. The van der Waals surface area contributed by atoms with E-state index in [9.17, 15) is 0 Å². The van der Waals surface area contributed by atoms with Crippen LogP contribution in [-0.2, 0) is 5.41 Å². The molecule has 0 spiro atoms. The van der Waals surface area contributed by atoms with E-state index < -0.39 is 0 Å². The van der Waals surface area contributed by atoms with Crippen LogP contribution in [0.3, 0.4) is 0 Å². The summed E-state index contributed by atoms with van der Waals surface area (Å²) < 4.78 is 0. The maximum absolute atomic E-state index is 4.69. The number of nitrogens with one attached hydrogen (secondary N) is 1. The lowest BCUT2D eigenvalue weighted by Gasteiger charge is -2.12. The minimum atomic E-state index is 0.434. The topological polar surface area (TPSA) is 24.9 Å². The molecule has 0 saturated heterocycles. The number of hydrogen-bond acceptors (Lipinski definition) is 3. The number of hydrogen-bond donors (Lipinski definition) is 1. The number of thiazole rings is 1. The fourth-order valence-electron chi connectivity index (χ4n) is 2.13. The summed E-state index contributed by atoms with van der Waals surface area (Å²) in [5, 5.41) is 4.61. The number of aromatic nitrogens is 1. The van der Waals surface area contributed by atoms with E-state index in [1.807, 2.05) is 18.4 Å². The molecule has 0 amide bonds. The molecule has 3 heteroatoms. The molecule has 1 heterocycles. The highest BCUT2D eigenvalue weighted by Gasteiger charge is 2.46. The number of nitrogens with zero attached hydrogens (tertiary/aromatic N) is 1. The minimum Gasteiger partial charge on any atom is -0.319 e. The molecule has 1 saturated carbocycles. The second kappa shape index (κ2) is 3.87. The maximum Gasteiger partial charge on any atom is 0.0956 e. The van der Waals surface area contributed by atoms with Crippen molar-refractivity contribution >= 4 is 11.3 Å². The molecule has 0 aromatic carbocycles. The van der Waals surface area contributed by atoms with Crippen molar-refractivity contribution in [2.45, 2.75) is 44.9 Å². The lowest BCUT2D eigenvalue weighted by molar-refractivity contribution is 0.630. The number of aryl methyl sites for hydroxylation is 1. The zero-order chi connectivity index (χ0) is 11.1. The Morgan fingerprint density at radius 3 is 2.53 bits per heavy atom. The van der Waals surface area contributed by atoms with Crippen molar-refractivity contribution in [3.8, 4) is 0 Å². The van der Waals surface area contributed by atoms with Crippen LogP contribution in [0.1, 0.15) is 48.2 Å². The third-order valence-corrected chi connectivity index (χ3v) is 4.86. The summed E-state index contributed by atoms with van der Waals surface area (Å²) in [5.41, 5.74) is 1.69. The molecule has 0 atom stereocenters. The van der Waals surface area contributed by atoms with Crippen molar-refractivity contribution in [1.29, 1.82) is 0 Å². The molecular formula is C12H20N2S. The highest BCUT2D eigenvalue weighted by molar-refractivity contribution is 7.12. The van der Waals surface area contributed by atoms with Crippen molar-refractivity contribution in [1.82, 2.24) is 10.3 Å². The van der Waals surface area contributed by atoms with Crippen molar-refractivity contribution in [2.24, 2.45) is 0 Å². The first-order valence-electron chi connectivity index (χ1n) is 5.71. The Bertz CT molecular complexity index is 351. The second-order valence-corrected chi connectivity index (χ2v) is 5.96. The van der Waals surface area contributed by atoms with Gasteiger partial charge in [0.1, 0.15) is 0 Å². The van der Waals surface area contributed by atoms with Crippen LogP contribution in [0.4, 0.5) is 0 Å². The van der Waals surface area contributed by atoms with Crippen molar-refractivity contribution in [3.05, 3.63) is 15.6 Å². The Balaban J connectivity index is 2.28. The zero-order valence-corrected chi connectivity index (χ0v) is 10.9. The van der Waals surface area contributed by atoms with Gasteiger partial charge in [0, 0.05) is 22.8 Å². The molecular weight excluding hydrogens is 204 g/mol. The third-order valence-electron chi connectivity index (χ3n) is 3.16. The van der Waals surface area contributed by atoms with Crippen molar-refractivity contribution in [2.75, 3.05) is 13.6 Å². The first-order valence-corrected chi connectivity index (χ1v) is 6.53. The fourth-order valence-corrected chi connectivity index (χ4v) is 3.44. The fraction of sp³-hybridized carbons (Fsp3) is 0.750. The van der Waals surface area contributed by atoms with Gasteiger partial charge in [-0.15, -0.1) is 11.3 Å². The highest BCUT2D eigenvalue weighted by atomic mass is 32.1. The maximum atomic E-state index is 4.69. The Labute approximate surface area is 96.1 Å². The molecule has 1 aromatic rings. The lowest BCUT2D eigenvalue weighted by Crippen LogP contribution is -2.23. The van der Waals surface area contributed by atoms with Crippen LogP contribution in [0.2, 0.25) is 0 Å². The van der Waals surface area contributed by atoms with Crippen LogP contribution in [0.25, 0.3) is 0 Å². The first-order chi connectivity index (χ1) is 7.09. The molecule has 1 N–H and O–H groups in total. The summed E-state index contributed by atoms with van der Waals surface area (Å²) in [7, 11) is 2.04.